The number of thiophene rings is 1. The molecule has 0 amide bonds. The fraction of sp³-hybridized carbons (Fsp3) is 0.222. The summed E-state index contributed by atoms with van der Waals surface area (Å²) in [4.78, 5) is 17.4. The SMILES string of the molecule is CC(=O)/C=C(/C)O.CC(C)c1cccc(C(C)C)c1-c1cc2ccc(-c3[c-]ccc4c3oc3ccccc34)nc2s1.[Ir]. The summed E-state index contributed by atoms with van der Waals surface area (Å²) < 4.78 is 6.24. The summed E-state index contributed by atoms with van der Waals surface area (Å²) in [6.45, 7) is 11.9. The third-order valence-corrected chi connectivity index (χ3v) is 8.07. The molecule has 0 saturated heterocycles. The van der Waals surface area contributed by atoms with Gasteiger partial charge < -0.3 is 9.52 Å². The van der Waals surface area contributed by atoms with Crippen molar-refractivity contribution in [2.75, 3.05) is 0 Å². The number of benzene rings is 3. The number of carbonyl (C=O) groups excluding carboxylic acids is 1. The average molecular weight is 753 g/mol. The number of aliphatic hydroxyl groups excluding tert-OH is 1. The van der Waals surface area contributed by atoms with E-state index in [4.69, 9.17) is 14.5 Å². The van der Waals surface area contributed by atoms with E-state index >= 15 is 0 Å². The number of rotatable bonds is 5. The Morgan fingerprint density at radius 1 is 0.929 bits per heavy atom. The van der Waals surface area contributed by atoms with Gasteiger partial charge in [0.05, 0.1) is 11.3 Å². The molecule has 0 atom stereocenters. The van der Waals surface area contributed by atoms with E-state index in [-0.39, 0.29) is 31.6 Å². The van der Waals surface area contributed by atoms with Crippen LogP contribution < -0.4 is 0 Å². The summed E-state index contributed by atoms with van der Waals surface area (Å²) in [6, 6.07) is 28.9. The van der Waals surface area contributed by atoms with E-state index in [9.17, 15) is 4.79 Å². The first-order valence-corrected chi connectivity index (χ1v) is 14.7. The van der Waals surface area contributed by atoms with Crippen LogP contribution in [-0.2, 0) is 24.9 Å². The van der Waals surface area contributed by atoms with Crippen molar-refractivity contribution in [3.8, 4) is 21.7 Å². The number of nitrogens with zero attached hydrogens (tertiary/aromatic N) is 1. The normalized spacial score (nSPS) is 11.7. The molecule has 3 aromatic heterocycles. The monoisotopic (exact) mass is 753 g/mol. The number of carbonyl (C=O) groups is 1. The first-order chi connectivity index (χ1) is 19.6. The molecular formula is C36H34IrNO3S-. The molecule has 3 aromatic carbocycles. The molecule has 1 radical (unpaired) electrons. The van der Waals surface area contributed by atoms with Gasteiger partial charge in [0.2, 0.25) is 0 Å². The largest absolute Gasteiger partial charge is 0.512 e. The Morgan fingerprint density at radius 3 is 2.24 bits per heavy atom. The molecule has 4 nitrogen and oxygen atoms in total. The molecule has 0 aliphatic carbocycles. The number of fused-ring (bicyclic) bond motifs is 4. The second-order valence-electron chi connectivity index (χ2n) is 10.9. The van der Waals surface area contributed by atoms with E-state index in [2.05, 4.69) is 82.3 Å². The zero-order valence-corrected chi connectivity index (χ0v) is 27.8. The number of ketones is 1. The van der Waals surface area contributed by atoms with Crippen LogP contribution in [0.4, 0.5) is 0 Å². The van der Waals surface area contributed by atoms with Crippen LogP contribution in [0.5, 0.6) is 0 Å². The van der Waals surface area contributed by atoms with Gasteiger partial charge in [0, 0.05) is 41.8 Å². The number of furan rings is 1. The van der Waals surface area contributed by atoms with E-state index in [1.807, 2.05) is 24.3 Å². The molecule has 42 heavy (non-hydrogen) atoms. The van der Waals surface area contributed by atoms with Gasteiger partial charge in [0.1, 0.15) is 10.4 Å². The quantitative estimate of drug-likeness (QED) is 0.108. The average Bonchev–Trinajstić information content (AvgIpc) is 3.53. The van der Waals surface area contributed by atoms with E-state index in [1.54, 1.807) is 11.3 Å². The molecule has 0 bridgehead atoms. The molecule has 3 heterocycles. The van der Waals surface area contributed by atoms with Crippen molar-refractivity contribution in [3.63, 3.8) is 0 Å². The predicted octanol–water partition coefficient (Wildman–Crippen LogP) is 10.6. The van der Waals surface area contributed by atoms with Crippen LogP contribution in [0.2, 0.25) is 0 Å². The molecule has 0 aliphatic rings. The van der Waals surface area contributed by atoms with Crippen molar-refractivity contribution in [2.45, 2.75) is 53.4 Å². The van der Waals surface area contributed by atoms with E-state index in [0.717, 1.165) is 38.0 Å². The van der Waals surface area contributed by atoms with Crippen molar-refractivity contribution >= 4 is 49.3 Å². The molecule has 6 aromatic rings. The van der Waals surface area contributed by atoms with Crippen molar-refractivity contribution in [3.05, 3.63) is 102 Å². The van der Waals surface area contributed by atoms with Gasteiger partial charge in [-0.1, -0.05) is 87.2 Å². The Kier molecular flexibility index (Phi) is 9.83. The van der Waals surface area contributed by atoms with Gasteiger partial charge in [-0.05, 0) is 60.2 Å². The van der Waals surface area contributed by atoms with Crippen molar-refractivity contribution in [2.24, 2.45) is 0 Å². The smallest absolute Gasteiger partial charge is 0.155 e. The second kappa shape index (κ2) is 13.2. The van der Waals surface area contributed by atoms with Gasteiger partial charge in [-0.25, -0.2) is 0 Å². The molecule has 1 N–H and O–H groups in total. The Morgan fingerprint density at radius 2 is 1.62 bits per heavy atom. The minimum Gasteiger partial charge on any atom is -0.512 e. The Labute approximate surface area is 264 Å². The van der Waals surface area contributed by atoms with Gasteiger partial charge in [-0.2, -0.15) is 0 Å². The first kappa shape index (κ1) is 31.4. The molecule has 0 unspecified atom stereocenters. The summed E-state index contributed by atoms with van der Waals surface area (Å²) in [5.41, 5.74) is 7.73. The van der Waals surface area contributed by atoms with Crippen LogP contribution in [-0.4, -0.2) is 15.9 Å². The summed E-state index contributed by atoms with van der Waals surface area (Å²) >= 11 is 1.78. The Hall–Kier alpha value is -3.57. The fourth-order valence-electron chi connectivity index (χ4n) is 5.19. The number of aliphatic hydroxyl groups is 1. The van der Waals surface area contributed by atoms with Crippen LogP contribution in [0.25, 0.3) is 53.9 Å². The van der Waals surface area contributed by atoms with E-state index in [0.29, 0.717) is 11.8 Å². The number of para-hydroxylation sites is 1. The molecule has 0 aliphatic heterocycles. The van der Waals surface area contributed by atoms with Crippen LogP contribution in [0.1, 0.15) is 64.5 Å². The van der Waals surface area contributed by atoms with Gasteiger partial charge in [0.15, 0.2) is 5.78 Å². The van der Waals surface area contributed by atoms with E-state index in [1.165, 1.54) is 46.9 Å². The maximum absolute atomic E-state index is 10.0. The first-order valence-electron chi connectivity index (χ1n) is 13.9. The summed E-state index contributed by atoms with van der Waals surface area (Å²) in [6.07, 6.45) is 1.17. The predicted molar refractivity (Wildman–Crippen MR) is 172 cm³/mol. The Balaban J connectivity index is 0.000000454. The number of pyridine rings is 1. The minimum absolute atomic E-state index is 0. The second-order valence-corrected chi connectivity index (χ2v) is 11.9. The maximum Gasteiger partial charge on any atom is 0.155 e. The van der Waals surface area contributed by atoms with Gasteiger partial charge in [-0.15, -0.1) is 29.5 Å². The topological polar surface area (TPSA) is 63.3 Å². The standard InChI is InChI=1S/C31H26NOS.C5H8O2.Ir/c1-18(2)21-10-7-11-22(19(3)4)29(21)28-17-20-15-16-26(32-31(20)34-28)25-13-8-12-24-23-9-5-6-14-27(23)33-30(24)25;1-4(6)3-5(2)7;/h5-12,14-19H,1-4H3;3,6H,1-2H3;/q-1;;/b;4-3-;. The Bertz CT molecular complexity index is 1880. The van der Waals surface area contributed by atoms with Crippen LogP contribution in [0, 0.1) is 6.07 Å². The summed E-state index contributed by atoms with van der Waals surface area (Å²) in [5.74, 6) is 0.859. The maximum atomic E-state index is 10.0. The summed E-state index contributed by atoms with van der Waals surface area (Å²) in [5, 5.41) is 11.8. The molecule has 0 saturated carbocycles. The molecule has 0 fully saturated rings. The third kappa shape index (κ3) is 6.41. The molecule has 6 rings (SSSR count). The number of hydrogen-bond acceptors (Lipinski definition) is 5. The number of aromatic nitrogens is 1. The van der Waals surface area contributed by atoms with E-state index < -0.39 is 0 Å². The minimum atomic E-state index is -0.125. The zero-order valence-electron chi connectivity index (χ0n) is 24.6. The number of hydrogen-bond donors (Lipinski definition) is 1. The van der Waals surface area contributed by atoms with Crippen LogP contribution >= 0.6 is 11.3 Å². The molecule has 0 spiro atoms. The van der Waals surface area contributed by atoms with Gasteiger partial charge in [0.25, 0.3) is 0 Å². The van der Waals surface area contributed by atoms with Gasteiger partial charge >= 0.3 is 0 Å². The van der Waals surface area contributed by atoms with Crippen molar-refractivity contribution in [1.82, 2.24) is 4.98 Å². The molecular weight excluding hydrogens is 719 g/mol. The fourth-order valence-corrected chi connectivity index (χ4v) is 6.31. The third-order valence-electron chi connectivity index (χ3n) is 7.01. The zero-order chi connectivity index (χ0) is 29.3. The summed E-state index contributed by atoms with van der Waals surface area (Å²) in [7, 11) is 0. The van der Waals surface area contributed by atoms with Gasteiger partial charge in [-0.3, -0.25) is 9.78 Å². The van der Waals surface area contributed by atoms with Crippen LogP contribution in [0.15, 0.2) is 89.0 Å². The molecule has 217 valence electrons. The number of allylic oxidation sites excluding steroid dienone is 2. The molecule has 6 heteroatoms. The van der Waals surface area contributed by atoms with Crippen molar-refractivity contribution < 1.29 is 34.4 Å². The van der Waals surface area contributed by atoms with Crippen LogP contribution in [0.3, 0.4) is 0 Å². The van der Waals surface area contributed by atoms with Crippen molar-refractivity contribution in [1.29, 1.82) is 0 Å².